The first-order chi connectivity index (χ1) is 5.45. The van der Waals surface area contributed by atoms with E-state index in [2.05, 4.69) is 12.2 Å². The van der Waals surface area contributed by atoms with Crippen LogP contribution in [0.15, 0.2) is 18.7 Å². The molecule has 0 fully saturated rings. The fourth-order valence-electron chi connectivity index (χ4n) is 1.78. The standard InChI is InChI=1S/2C5H7.2ClH.Zr/c2*1-2-4-5-3-1;;;/h2*1H,2,4-5H2;2*1H;/q;;;;+2/p-2. The SMILES string of the molecule is C1=[C]([Zr+2][C]2=CCCC2)CCC1.[Cl-].[Cl-]. The largest absolute Gasteiger partial charge is 1.00 e. The maximum Gasteiger partial charge on any atom is -1.00 e. The summed E-state index contributed by atoms with van der Waals surface area (Å²) in [6, 6.07) is 0. The molecule has 0 nitrogen and oxygen atoms in total. The van der Waals surface area contributed by atoms with Crippen molar-refractivity contribution in [2.45, 2.75) is 38.5 Å². The molecule has 0 saturated carbocycles. The second kappa shape index (κ2) is 7.26. The maximum absolute atomic E-state index is 2.52. The summed E-state index contributed by atoms with van der Waals surface area (Å²) in [6.07, 6.45) is 13.6. The van der Waals surface area contributed by atoms with Crippen LogP contribution in [-0.4, -0.2) is 0 Å². The van der Waals surface area contributed by atoms with Gasteiger partial charge in [-0.1, -0.05) is 0 Å². The molecule has 0 aromatic rings. The van der Waals surface area contributed by atoms with Crippen LogP contribution in [0.4, 0.5) is 0 Å². The average Bonchev–Trinajstić information content (AvgIpc) is 2.60. The average molecular weight is 296 g/mol. The predicted molar refractivity (Wildman–Crippen MR) is 43.9 cm³/mol. The van der Waals surface area contributed by atoms with Gasteiger partial charge in [-0.2, -0.15) is 0 Å². The molecule has 0 radical (unpaired) electrons. The second-order valence-corrected chi connectivity index (χ2v) is 7.14. The molecule has 0 aromatic heterocycles. The van der Waals surface area contributed by atoms with E-state index in [-0.39, 0.29) is 48.0 Å². The number of rotatable bonds is 2. The van der Waals surface area contributed by atoms with Gasteiger partial charge >= 0.3 is 80.5 Å². The quantitative estimate of drug-likeness (QED) is 0.517. The molecule has 3 heteroatoms. The summed E-state index contributed by atoms with van der Waals surface area (Å²) in [4.78, 5) is 0. The minimum absolute atomic E-state index is 0. The Kier molecular flexibility index (Phi) is 7.79. The molecule has 0 heterocycles. The summed E-state index contributed by atoms with van der Waals surface area (Å²) in [5, 5.41) is 0. The zero-order valence-corrected chi connectivity index (χ0v) is 11.6. The van der Waals surface area contributed by atoms with Gasteiger partial charge in [0.1, 0.15) is 0 Å². The summed E-state index contributed by atoms with van der Waals surface area (Å²) < 4.78 is 3.75. The number of allylic oxidation sites excluding steroid dienone is 4. The van der Waals surface area contributed by atoms with E-state index in [9.17, 15) is 0 Å². The van der Waals surface area contributed by atoms with Gasteiger partial charge in [-0.25, -0.2) is 0 Å². The van der Waals surface area contributed by atoms with E-state index < -0.39 is 0 Å². The molecule has 0 amide bonds. The number of hydrogen-bond donors (Lipinski definition) is 0. The monoisotopic (exact) mass is 294 g/mol. The molecular weight excluding hydrogens is 282 g/mol. The first-order valence-electron chi connectivity index (χ1n) is 4.60. The van der Waals surface area contributed by atoms with Gasteiger partial charge in [-0.3, -0.25) is 0 Å². The Hall–Kier alpha value is 0.943. The van der Waals surface area contributed by atoms with Gasteiger partial charge in [-0.05, 0) is 0 Å². The van der Waals surface area contributed by atoms with Crippen LogP contribution in [0.2, 0.25) is 0 Å². The molecule has 2 rings (SSSR count). The molecule has 72 valence electrons. The Morgan fingerprint density at radius 3 is 1.62 bits per heavy atom. The number of hydrogen-bond acceptors (Lipinski definition) is 0. The van der Waals surface area contributed by atoms with Gasteiger partial charge in [0.25, 0.3) is 0 Å². The normalized spacial score (nSPS) is 19.4. The molecule has 0 atom stereocenters. The smallest absolute Gasteiger partial charge is 1.00 e. The van der Waals surface area contributed by atoms with Crippen molar-refractivity contribution in [3.63, 3.8) is 0 Å². The Balaban J connectivity index is 0.000000720. The van der Waals surface area contributed by atoms with Crippen molar-refractivity contribution < 1.29 is 48.0 Å². The third kappa shape index (κ3) is 4.32. The topological polar surface area (TPSA) is 0 Å². The van der Waals surface area contributed by atoms with Crippen molar-refractivity contribution in [3.05, 3.63) is 18.7 Å². The summed E-state index contributed by atoms with van der Waals surface area (Å²) in [6.45, 7) is 0. The van der Waals surface area contributed by atoms with Gasteiger partial charge in [0.2, 0.25) is 0 Å². The van der Waals surface area contributed by atoms with E-state index in [1.807, 2.05) is 6.56 Å². The summed E-state index contributed by atoms with van der Waals surface area (Å²) in [5.41, 5.74) is 0. The summed E-state index contributed by atoms with van der Waals surface area (Å²) >= 11 is -0.187. The molecule has 2 aliphatic rings. The molecule has 0 bridgehead atoms. The zero-order valence-electron chi connectivity index (χ0n) is 7.65. The van der Waals surface area contributed by atoms with Gasteiger partial charge in [0.15, 0.2) is 0 Å². The van der Waals surface area contributed by atoms with Crippen LogP contribution in [0, 0.1) is 0 Å². The zero-order chi connectivity index (χ0) is 7.52. The summed E-state index contributed by atoms with van der Waals surface area (Å²) in [7, 11) is 0. The Labute approximate surface area is 105 Å². The molecule has 0 spiro atoms. The second-order valence-electron chi connectivity index (χ2n) is 3.37. The minimum atomic E-state index is -0.187. The fraction of sp³-hybridized carbons (Fsp3) is 0.600. The molecule has 0 aliphatic heterocycles. The van der Waals surface area contributed by atoms with Crippen molar-refractivity contribution in [3.8, 4) is 0 Å². The Bertz CT molecular complexity index is 187. The molecular formula is C10H14Cl2Zr. The maximum atomic E-state index is 2.52. The van der Waals surface area contributed by atoms with Gasteiger partial charge in [-0.15, -0.1) is 0 Å². The van der Waals surface area contributed by atoms with Gasteiger partial charge < -0.3 is 24.8 Å². The molecule has 0 aromatic carbocycles. The first kappa shape index (κ1) is 13.9. The van der Waals surface area contributed by atoms with Gasteiger partial charge in [0, 0.05) is 0 Å². The van der Waals surface area contributed by atoms with Crippen molar-refractivity contribution in [1.29, 1.82) is 0 Å². The van der Waals surface area contributed by atoms with Crippen molar-refractivity contribution >= 4 is 0 Å². The Morgan fingerprint density at radius 2 is 1.31 bits per heavy atom. The molecule has 0 N–H and O–H groups in total. The van der Waals surface area contributed by atoms with E-state index >= 15 is 0 Å². The Morgan fingerprint density at radius 1 is 0.846 bits per heavy atom. The van der Waals surface area contributed by atoms with Crippen LogP contribution in [0.1, 0.15) is 38.5 Å². The van der Waals surface area contributed by atoms with Gasteiger partial charge in [0.05, 0.1) is 0 Å². The fourth-order valence-corrected chi connectivity index (χ4v) is 5.48. The van der Waals surface area contributed by atoms with E-state index in [0.717, 1.165) is 0 Å². The van der Waals surface area contributed by atoms with Crippen LogP contribution < -0.4 is 24.8 Å². The molecule has 13 heavy (non-hydrogen) atoms. The van der Waals surface area contributed by atoms with E-state index in [1.165, 1.54) is 38.5 Å². The van der Waals surface area contributed by atoms with Crippen LogP contribution in [0.5, 0.6) is 0 Å². The third-order valence-corrected chi connectivity index (χ3v) is 6.21. The van der Waals surface area contributed by atoms with Crippen LogP contribution in [-0.2, 0) is 23.2 Å². The minimum Gasteiger partial charge on any atom is -1.00 e. The van der Waals surface area contributed by atoms with Crippen molar-refractivity contribution in [2.75, 3.05) is 0 Å². The predicted octanol–water partition coefficient (Wildman–Crippen LogP) is -2.79. The molecule has 0 saturated heterocycles. The van der Waals surface area contributed by atoms with E-state index in [1.54, 1.807) is 0 Å². The van der Waals surface area contributed by atoms with E-state index in [0.29, 0.717) is 0 Å². The molecule has 2 aliphatic carbocycles. The van der Waals surface area contributed by atoms with Crippen LogP contribution in [0.25, 0.3) is 0 Å². The third-order valence-electron chi connectivity index (χ3n) is 2.40. The van der Waals surface area contributed by atoms with Crippen molar-refractivity contribution in [2.24, 2.45) is 0 Å². The molecule has 0 unspecified atom stereocenters. The first-order valence-corrected chi connectivity index (χ1v) is 7.06. The van der Waals surface area contributed by atoms with Crippen molar-refractivity contribution in [1.82, 2.24) is 0 Å². The number of halogens is 2. The summed E-state index contributed by atoms with van der Waals surface area (Å²) in [5.74, 6) is 0. The van der Waals surface area contributed by atoms with Crippen LogP contribution >= 0.6 is 0 Å². The van der Waals surface area contributed by atoms with Crippen LogP contribution in [0.3, 0.4) is 0 Å². The van der Waals surface area contributed by atoms with E-state index in [4.69, 9.17) is 0 Å².